The SMILES string of the molecule is O=C1SC2(CSC(c3ccccc3)(c3ccccc3)S2)SC1=O. The molecule has 0 atom stereocenters. The summed E-state index contributed by atoms with van der Waals surface area (Å²) in [6.07, 6.45) is 0. The first-order valence-corrected chi connectivity index (χ1v) is 10.5. The number of rotatable bonds is 2. The van der Waals surface area contributed by atoms with E-state index >= 15 is 0 Å². The Hall–Kier alpha value is -0.820. The summed E-state index contributed by atoms with van der Waals surface area (Å²) in [6, 6.07) is 20.7. The largest absolute Gasteiger partial charge is 0.277 e. The van der Waals surface area contributed by atoms with Crippen LogP contribution in [0.15, 0.2) is 60.7 Å². The third-order valence-corrected chi connectivity index (χ3v) is 10.8. The lowest BCUT2D eigenvalue weighted by Gasteiger charge is -2.30. The van der Waals surface area contributed by atoms with Crippen molar-refractivity contribution in [1.82, 2.24) is 0 Å². The maximum Gasteiger partial charge on any atom is 0.268 e. The van der Waals surface area contributed by atoms with Crippen molar-refractivity contribution in [2.24, 2.45) is 0 Å². The first-order valence-electron chi connectivity index (χ1n) is 7.05. The van der Waals surface area contributed by atoms with Crippen molar-refractivity contribution in [3.63, 3.8) is 0 Å². The molecule has 2 aliphatic rings. The highest BCUT2D eigenvalue weighted by Crippen LogP contribution is 2.71. The van der Waals surface area contributed by atoms with E-state index < -0.39 is 3.41 Å². The Morgan fingerprint density at radius 3 is 1.70 bits per heavy atom. The summed E-state index contributed by atoms with van der Waals surface area (Å²) in [5.41, 5.74) is 2.40. The van der Waals surface area contributed by atoms with Gasteiger partial charge in [0.25, 0.3) is 10.2 Å². The quantitative estimate of drug-likeness (QED) is 0.715. The van der Waals surface area contributed by atoms with Crippen LogP contribution in [0.5, 0.6) is 0 Å². The van der Waals surface area contributed by atoms with E-state index in [1.54, 1.807) is 11.8 Å². The van der Waals surface area contributed by atoms with Crippen LogP contribution >= 0.6 is 47.0 Å². The van der Waals surface area contributed by atoms with Gasteiger partial charge in [-0.25, -0.2) is 0 Å². The van der Waals surface area contributed by atoms with Crippen LogP contribution in [0.2, 0.25) is 0 Å². The molecule has 0 aromatic heterocycles. The molecule has 2 aromatic carbocycles. The van der Waals surface area contributed by atoms with Crippen molar-refractivity contribution in [3.05, 3.63) is 71.8 Å². The topological polar surface area (TPSA) is 34.1 Å². The number of hydrogen-bond donors (Lipinski definition) is 0. The summed E-state index contributed by atoms with van der Waals surface area (Å²) in [5.74, 6) is 0.758. The van der Waals surface area contributed by atoms with Gasteiger partial charge in [-0.1, -0.05) is 60.7 Å². The number of benzene rings is 2. The van der Waals surface area contributed by atoms with Crippen LogP contribution in [0.25, 0.3) is 0 Å². The third-order valence-electron chi connectivity index (χ3n) is 3.72. The minimum absolute atomic E-state index is 0.284. The summed E-state index contributed by atoms with van der Waals surface area (Å²) in [4.78, 5) is 23.6. The molecule has 2 nitrogen and oxygen atoms in total. The second-order valence-corrected chi connectivity index (χ2v) is 11.5. The van der Waals surface area contributed by atoms with E-state index in [4.69, 9.17) is 0 Å². The van der Waals surface area contributed by atoms with Gasteiger partial charge in [-0.15, -0.1) is 23.5 Å². The first kappa shape index (κ1) is 15.7. The monoisotopic (exact) mass is 376 g/mol. The highest BCUT2D eigenvalue weighted by molar-refractivity contribution is 8.52. The molecule has 0 unspecified atom stereocenters. The van der Waals surface area contributed by atoms with E-state index in [0.29, 0.717) is 0 Å². The normalized spacial score (nSPS) is 21.9. The van der Waals surface area contributed by atoms with Crippen molar-refractivity contribution in [1.29, 1.82) is 0 Å². The fraction of sp³-hybridized carbons (Fsp3) is 0.176. The lowest BCUT2D eigenvalue weighted by molar-refractivity contribution is -0.126. The van der Waals surface area contributed by atoms with Crippen LogP contribution in [-0.4, -0.2) is 19.4 Å². The van der Waals surface area contributed by atoms with Crippen LogP contribution in [-0.2, 0) is 13.7 Å². The number of hydrogen-bond acceptors (Lipinski definition) is 6. The van der Waals surface area contributed by atoms with Crippen LogP contribution in [0.3, 0.4) is 0 Å². The van der Waals surface area contributed by atoms with Crippen LogP contribution < -0.4 is 0 Å². The van der Waals surface area contributed by atoms with E-state index in [-0.39, 0.29) is 14.3 Å². The number of carbonyl (C=O) groups excluding carboxylic acids is 2. The second kappa shape index (κ2) is 5.92. The second-order valence-electron chi connectivity index (χ2n) is 5.20. The van der Waals surface area contributed by atoms with E-state index in [0.717, 1.165) is 5.75 Å². The Bertz CT molecular complexity index is 705. The molecule has 23 heavy (non-hydrogen) atoms. The molecule has 2 aromatic rings. The molecule has 0 saturated carbocycles. The van der Waals surface area contributed by atoms with Gasteiger partial charge in [0.15, 0.2) is 0 Å². The van der Waals surface area contributed by atoms with Gasteiger partial charge in [-0.2, -0.15) is 0 Å². The highest BCUT2D eigenvalue weighted by atomic mass is 32.3. The van der Waals surface area contributed by atoms with Gasteiger partial charge < -0.3 is 0 Å². The van der Waals surface area contributed by atoms with E-state index in [1.165, 1.54) is 34.7 Å². The lowest BCUT2D eigenvalue weighted by atomic mass is 10.0. The Labute approximate surface area is 151 Å². The molecule has 0 N–H and O–H groups in total. The summed E-state index contributed by atoms with van der Waals surface area (Å²) >= 11 is 5.93. The van der Waals surface area contributed by atoms with Crippen molar-refractivity contribution >= 4 is 57.3 Å². The zero-order valence-corrected chi connectivity index (χ0v) is 15.2. The maximum absolute atomic E-state index is 11.8. The fourth-order valence-electron chi connectivity index (χ4n) is 2.72. The number of thioether (sulfide) groups is 4. The van der Waals surface area contributed by atoms with Crippen molar-refractivity contribution < 1.29 is 9.59 Å². The van der Waals surface area contributed by atoms with E-state index in [9.17, 15) is 9.59 Å². The summed E-state index contributed by atoms with van der Waals surface area (Å²) in [6.45, 7) is 0. The maximum atomic E-state index is 11.8. The minimum atomic E-state index is -0.412. The minimum Gasteiger partial charge on any atom is -0.277 e. The molecule has 2 aliphatic heterocycles. The molecule has 2 heterocycles. The molecular formula is C17H12O2S4. The van der Waals surface area contributed by atoms with Crippen molar-refractivity contribution in [2.45, 2.75) is 7.49 Å². The third kappa shape index (κ3) is 2.65. The Kier molecular flexibility index (Phi) is 4.04. The summed E-state index contributed by atoms with van der Waals surface area (Å²) < 4.78 is -0.696. The zero-order valence-electron chi connectivity index (χ0n) is 11.9. The molecular weight excluding hydrogens is 364 g/mol. The molecule has 116 valence electrons. The molecule has 6 heteroatoms. The fourth-order valence-corrected chi connectivity index (χ4v) is 10.2. The van der Waals surface area contributed by atoms with E-state index in [1.807, 2.05) is 48.2 Å². The number of carbonyl (C=O) groups is 2. The van der Waals surface area contributed by atoms with Crippen LogP contribution in [0.4, 0.5) is 0 Å². The standard InChI is InChI=1S/C17H12O2S4/c18-14-15(19)22-16(21-14)11-20-17(23-16,12-7-3-1-4-8-12)13-9-5-2-6-10-13/h1-10H,11H2. The van der Waals surface area contributed by atoms with Crippen molar-refractivity contribution in [3.8, 4) is 0 Å². The van der Waals surface area contributed by atoms with Gasteiger partial charge in [-0.05, 0) is 34.7 Å². The predicted molar refractivity (Wildman–Crippen MR) is 102 cm³/mol. The highest BCUT2D eigenvalue weighted by Gasteiger charge is 2.58. The molecule has 0 bridgehead atoms. The van der Waals surface area contributed by atoms with Gasteiger partial charge in [0.2, 0.25) is 0 Å². The zero-order chi connectivity index (χ0) is 15.9. The van der Waals surface area contributed by atoms with Gasteiger partial charge in [0, 0.05) is 5.75 Å². The van der Waals surface area contributed by atoms with E-state index in [2.05, 4.69) is 24.3 Å². The Morgan fingerprint density at radius 1 is 0.739 bits per heavy atom. The van der Waals surface area contributed by atoms with Gasteiger partial charge in [0.1, 0.15) is 7.49 Å². The van der Waals surface area contributed by atoms with Gasteiger partial charge in [0.05, 0.1) is 0 Å². The average molecular weight is 377 g/mol. The van der Waals surface area contributed by atoms with Crippen molar-refractivity contribution in [2.75, 3.05) is 5.75 Å². The summed E-state index contributed by atoms with van der Waals surface area (Å²) in [5, 5.41) is -0.639. The molecule has 0 radical (unpaired) electrons. The smallest absolute Gasteiger partial charge is 0.268 e. The molecule has 2 saturated heterocycles. The molecule has 2 fully saturated rings. The van der Waals surface area contributed by atoms with Crippen LogP contribution in [0, 0.1) is 0 Å². The first-order chi connectivity index (χ1) is 11.1. The molecule has 0 amide bonds. The van der Waals surface area contributed by atoms with Gasteiger partial charge >= 0.3 is 0 Å². The summed E-state index contributed by atoms with van der Waals surface area (Å²) in [7, 11) is 0. The molecule has 0 aliphatic carbocycles. The van der Waals surface area contributed by atoms with Gasteiger partial charge in [-0.3, -0.25) is 9.59 Å². The molecule has 4 rings (SSSR count). The predicted octanol–water partition coefficient (Wildman–Crippen LogP) is 4.55. The lowest BCUT2D eigenvalue weighted by Crippen LogP contribution is -2.18. The van der Waals surface area contributed by atoms with Crippen LogP contribution in [0.1, 0.15) is 11.1 Å². The average Bonchev–Trinajstić information content (AvgIpc) is 3.10. The Balaban J connectivity index is 1.80. The molecule has 1 spiro atoms. The Morgan fingerprint density at radius 2 is 1.22 bits per heavy atom.